The van der Waals surface area contributed by atoms with E-state index in [0.29, 0.717) is 0 Å². The average Bonchev–Trinajstić information content (AvgIpc) is 3.66. The van der Waals surface area contributed by atoms with E-state index in [1.807, 2.05) is 0 Å². The Bertz CT molecular complexity index is 3710. The van der Waals surface area contributed by atoms with Crippen LogP contribution >= 0.6 is 0 Å². The van der Waals surface area contributed by atoms with Gasteiger partial charge in [0.2, 0.25) is 0 Å². The Morgan fingerprint density at radius 1 is 0.328 bits per heavy atom. The molecule has 11 aromatic carbocycles. The molecule has 0 N–H and O–H groups in total. The number of fused-ring (bicyclic) bond motifs is 10. The van der Waals surface area contributed by atoms with Crippen LogP contribution in [0.15, 0.2) is 224 Å². The van der Waals surface area contributed by atoms with Crippen LogP contribution in [-0.4, -0.2) is 4.57 Å². The number of nitrogens with zero attached hydrogens (tertiary/aromatic N) is 3. The van der Waals surface area contributed by atoms with Gasteiger partial charge >= 0.3 is 0 Å². The lowest BCUT2D eigenvalue weighted by Gasteiger charge is -2.34. The highest BCUT2D eigenvalue weighted by Gasteiger charge is 2.28. The second kappa shape index (κ2) is 13.2. The third kappa shape index (κ3) is 5.04. The molecule has 0 atom stereocenters. The standard InChI is InChI=1S/C58H37N3/c1-2-18-41(19-3-1)60-52-26-11-10-24-49(52)50-34-33-44(37-56(50)60)59(55-36-40-15-5-6-20-45(40)47-22-8-9-23-48(47)55)42-29-31-43(32-30-42)61-53-27-13-17-39-16-12-25-51(57(39)53)58-46-21-7-4-14-38(46)28-35-54(58)61/h1-37H. The number of hydrogen-bond acceptors (Lipinski definition) is 2. The van der Waals surface area contributed by atoms with Crippen LogP contribution in [0.5, 0.6) is 0 Å². The molecular formula is C58H37N3. The molecule has 0 amide bonds. The minimum atomic E-state index is 1.08. The van der Waals surface area contributed by atoms with Crippen LogP contribution < -0.4 is 9.80 Å². The summed E-state index contributed by atoms with van der Waals surface area (Å²) in [5.74, 6) is 0. The Hall–Kier alpha value is -8.14. The van der Waals surface area contributed by atoms with Gasteiger partial charge in [-0.3, -0.25) is 0 Å². The quantitative estimate of drug-likeness (QED) is 0.161. The van der Waals surface area contributed by atoms with Crippen LogP contribution in [0.4, 0.5) is 34.1 Å². The summed E-state index contributed by atoms with van der Waals surface area (Å²) in [5.41, 5.74) is 12.9. The fraction of sp³-hybridized carbons (Fsp3) is 0. The molecule has 0 bridgehead atoms. The van der Waals surface area contributed by atoms with Crippen molar-refractivity contribution in [3.8, 4) is 16.8 Å². The highest BCUT2D eigenvalue weighted by atomic mass is 15.2. The molecule has 0 saturated carbocycles. The maximum Gasteiger partial charge on any atom is 0.0561 e. The van der Waals surface area contributed by atoms with Crippen molar-refractivity contribution < 1.29 is 0 Å². The maximum absolute atomic E-state index is 2.46. The van der Waals surface area contributed by atoms with Crippen LogP contribution in [0, 0.1) is 0 Å². The lowest BCUT2D eigenvalue weighted by molar-refractivity contribution is 1.18. The molecule has 3 heteroatoms. The minimum absolute atomic E-state index is 1.08. The molecule has 1 aliphatic rings. The van der Waals surface area contributed by atoms with Crippen molar-refractivity contribution in [2.24, 2.45) is 0 Å². The van der Waals surface area contributed by atoms with Gasteiger partial charge in [-0.05, 0) is 111 Å². The summed E-state index contributed by atoms with van der Waals surface area (Å²) in [7, 11) is 0. The van der Waals surface area contributed by atoms with Crippen molar-refractivity contribution in [3.63, 3.8) is 0 Å². The molecule has 0 unspecified atom stereocenters. The molecule has 61 heavy (non-hydrogen) atoms. The van der Waals surface area contributed by atoms with E-state index >= 15 is 0 Å². The zero-order chi connectivity index (χ0) is 40.0. The van der Waals surface area contributed by atoms with Gasteiger partial charge < -0.3 is 14.4 Å². The van der Waals surface area contributed by atoms with Gasteiger partial charge in [0.25, 0.3) is 0 Å². The molecule has 0 spiro atoms. The summed E-state index contributed by atoms with van der Waals surface area (Å²) in [4.78, 5) is 4.92. The van der Waals surface area contributed by atoms with Crippen molar-refractivity contribution in [3.05, 3.63) is 224 Å². The van der Waals surface area contributed by atoms with Gasteiger partial charge in [-0.1, -0.05) is 152 Å². The second-order valence-corrected chi connectivity index (χ2v) is 16.1. The van der Waals surface area contributed by atoms with Crippen molar-refractivity contribution >= 4 is 99.0 Å². The summed E-state index contributed by atoms with van der Waals surface area (Å²) < 4.78 is 2.41. The van der Waals surface area contributed by atoms with E-state index < -0.39 is 0 Å². The van der Waals surface area contributed by atoms with Gasteiger partial charge in [0.05, 0.1) is 28.1 Å². The number of rotatable bonds is 5. The summed E-state index contributed by atoms with van der Waals surface area (Å²) in [6.07, 6.45) is 0. The fourth-order valence-electron chi connectivity index (χ4n) is 10.2. The third-order valence-corrected chi connectivity index (χ3v) is 12.8. The topological polar surface area (TPSA) is 11.4 Å². The smallest absolute Gasteiger partial charge is 0.0561 e. The van der Waals surface area contributed by atoms with Crippen LogP contribution in [0.1, 0.15) is 0 Å². The summed E-state index contributed by atoms with van der Waals surface area (Å²) >= 11 is 0. The predicted octanol–water partition coefficient (Wildman–Crippen LogP) is 16.3. The molecule has 3 nitrogen and oxygen atoms in total. The number of para-hydroxylation sites is 2. The van der Waals surface area contributed by atoms with E-state index in [1.165, 1.54) is 87.4 Å². The highest BCUT2D eigenvalue weighted by Crippen LogP contribution is 2.53. The van der Waals surface area contributed by atoms with Crippen molar-refractivity contribution in [1.82, 2.24) is 4.57 Å². The largest absolute Gasteiger partial charge is 0.310 e. The van der Waals surface area contributed by atoms with Gasteiger partial charge in [0.1, 0.15) is 0 Å². The molecule has 0 saturated heterocycles. The van der Waals surface area contributed by atoms with E-state index in [9.17, 15) is 0 Å². The Morgan fingerprint density at radius 3 is 1.80 bits per heavy atom. The van der Waals surface area contributed by atoms with Crippen LogP contribution in [0.3, 0.4) is 0 Å². The molecule has 12 aromatic rings. The molecule has 1 aromatic heterocycles. The molecule has 0 fully saturated rings. The van der Waals surface area contributed by atoms with Gasteiger partial charge in [0.15, 0.2) is 0 Å². The first-order valence-electron chi connectivity index (χ1n) is 21.0. The summed E-state index contributed by atoms with van der Waals surface area (Å²) in [6, 6.07) is 82.4. The lowest BCUT2D eigenvalue weighted by atomic mass is 9.87. The molecule has 284 valence electrons. The normalized spacial score (nSPS) is 12.2. The van der Waals surface area contributed by atoms with Crippen LogP contribution in [0.2, 0.25) is 0 Å². The number of benzene rings is 11. The molecule has 13 rings (SSSR count). The van der Waals surface area contributed by atoms with Gasteiger partial charge in [0, 0.05) is 49.9 Å². The second-order valence-electron chi connectivity index (χ2n) is 16.1. The fourth-order valence-corrected chi connectivity index (χ4v) is 10.2. The first-order chi connectivity index (χ1) is 30.3. The van der Waals surface area contributed by atoms with E-state index in [-0.39, 0.29) is 0 Å². The zero-order valence-corrected chi connectivity index (χ0v) is 33.2. The predicted molar refractivity (Wildman–Crippen MR) is 259 cm³/mol. The van der Waals surface area contributed by atoms with Crippen LogP contribution in [-0.2, 0) is 0 Å². The first-order valence-corrected chi connectivity index (χ1v) is 21.0. The van der Waals surface area contributed by atoms with E-state index in [2.05, 4.69) is 239 Å². The molecule has 2 heterocycles. The Morgan fingerprint density at radius 2 is 0.967 bits per heavy atom. The minimum Gasteiger partial charge on any atom is -0.310 e. The van der Waals surface area contributed by atoms with Crippen molar-refractivity contribution in [1.29, 1.82) is 0 Å². The lowest BCUT2D eigenvalue weighted by Crippen LogP contribution is -2.16. The Balaban J connectivity index is 1.05. The molecule has 0 aliphatic carbocycles. The maximum atomic E-state index is 2.46. The number of aromatic nitrogens is 1. The van der Waals surface area contributed by atoms with E-state index in [1.54, 1.807) is 0 Å². The summed E-state index contributed by atoms with van der Waals surface area (Å²) in [5, 5.41) is 12.4. The molecule has 0 radical (unpaired) electrons. The van der Waals surface area contributed by atoms with Crippen LogP contribution in [0.25, 0.3) is 81.7 Å². The monoisotopic (exact) mass is 775 g/mol. The van der Waals surface area contributed by atoms with Crippen molar-refractivity contribution in [2.45, 2.75) is 0 Å². The van der Waals surface area contributed by atoms with Crippen molar-refractivity contribution in [2.75, 3.05) is 9.80 Å². The van der Waals surface area contributed by atoms with Gasteiger partial charge in [-0.15, -0.1) is 0 Å². The highest BCUT2D eigenvalue weighted by molar-refractivity contribution is 6.20. The van der Waals surface area contributed by atoms with Gasteiger partial charge in [-0.25, -0.2) is 0 Å². The summed E-state index contributed by atoms with van der Waals surface area (Å²) in [6.45, 7) is 0. The molecular weight excluding hydrogens is 739 g/mol. The SMILES string of the molecule is c1ccc(-n2c3ccccc3c3ccc(N(c4ccc(N5c6ccc7ccccc7c6-c6cccc7cccc5c67)cc4)c4cc5ccccc5c5ccccc45)cc32)cc1. The third-order valence-electron chi connectivity index (χ3n) is 12.8. The Labute approximate surface area is 353 Å². The Kier molecular flexibility index (Phi) is 7.31. The average molecular weight is 776 g/mol. The first kappa shape index (κ1) is 33.8. The van der Waals surface area contributed by atoms with E-state index in [4.69, 9.17) is 0 Å². The van der Waals surface area contributed by atoms with Gasteiger partial charge in [-0.2, -0.15) is 0 Å². The molecule has 1 aliphatic heterocycles. The van der Waals surface area contributed by atoms with E-state index in [0.717, 1.165) is 28.4 Å². The number of anilines is 6. The zero-order valence-electron chi connectivity index (χ0n) is 33.2. The number of hydrogen-bond donors (Lipinski definition) is 0.